The third kappa shape index (κ3) is 32.0. The predicted molar refractivity (Wildman–Crippen MR) is 340 cm³/mol. The number of hydrogen-bond donors (Lipinski definition) is 0. The largest absolute Gasteiger partial charge is 0.0683 e. The molecule has 7 saturated carbocycles. The fraction of sp³-hybridized carbons (Fsp3) is 1.00. The van der Waals surface area contributed by atoms with E-state index >= 15 is 0 Å². The molecule has 7 aliphatic carbocycles. The van der Waals surface area contributed by atoms with Crippen LogP contribution in [0.5, 0.6) is 0 Å². The van der Waals surface area contributed by atoms with Crippen molar-refractivity contribution in [3.63, 3.8) is 0 Å². The van der Waals surface area contributed by atoms with Gasteiger partial charge in [-0.05, 0) is 167 Å². The Morgan fingerprint density at radius 1 is 0.278 bits per heavy atom. The molecular weight excluding hydrogens is 865 g/mol. The second-order valence-corrected chi connectivity index (χ2v) is 32.1. The maximum Gasteiger partial charge on any atom is -0.0319 e. The molecular formula is C72H152. The Morgan fingerprint density at radius 3 is 0.667 bits per heavy atom. The molecule has 7 fully saturated rings. The first-order chi connectivity index (χ1) is 32.7. The second kappa shape index (κ2) is 36.2. The Morgan fingerprint density at radius 2 is 0.528 bits per heavy atom. The summed E-state index contributed by atoms with van der Waals surface area (Å²) in [6.45, 7) is 77.4. The smallest absolute Gasteiger partial charge is 0.0319 e. The zero-order valence-electron chi connectivity index (χ0n) is 57.9. The molecule has 0 heteroatoms. The van der Waals surface area contributed by atoms with Crippen molar-refractivity contribution in [2.24, 2.45) is 102 Å². The van der Waals surface area contributed by atoms with Crippen molar-refractivity contribution >= 4 is 0 Å². The van der Waals surface area contributed by atoms with Gasteiger partial charge in [0.05, 0.1) is 0 Å². The summed E-state index contributed by atoms with van der Waals surface area (Å²) in [5.41, 5.74) is 4.11. The molecule has 0 spiro atoms. The molecule has 4 bridgehead atoms. The minimum absolute atomic E-state index is 0.451. The molecule has 440 valence electrons. The molecule has 4 atom stereocenters. The van der Waals surface area contributed by atoms with E-state index in [9.17, 15) is 0 Å². The zero-order valence-corrected chi connectivity index (χ0v) is 57.9. The highest BCUT2D eigenvalue weighted by Crippen LogP contribution is 2.55. The van der Waals surface area contributed by atoms with Crippen molar-refractivity contribution in [2.75, 3.05) is 0 Å². The van der Waals surface area contributed by atoms with E-state index < -0.39 is 0 Å². The minimum Gasteiger partial charge on any atom is -0.0683 e. The molecule has 7 rings (SSSR count). The van der Waals surface area contributed by atoms with Crippen molar-refractivity contribution in [2.45, 2.75) is 364 Å². The SMILES string of the molecule is CC.CC.CC.CC.CC(C)(C)C1CC2CCC1C2.CC(C)(C)C1CC2CCC1CC2.CC(C)(C)C1CCCC1.CC(C)(C)C1CCCCC1.CCC(C(C)(C)C)C(C)(C)C.CCC(C(C)(C)C)C(C)(C)C. The van der Waals surface area contributed by atoms with Crippen molar-refractivity contribution < 1.29 is 0 Å². The molecule has 0 aromatic heterocycles. The molecule has 4 unspecified atom stereocenters. The summed E-state index contributed by atoms with van der Waals surface area (Å²) in [5, 5.41) is 0. The van der Waals surface area contributed by atoms with Gasteiger partial charge in [-0.15, -0.1) is 0 Å². The average Bonchev–Trinajstić information content (AvgIpc) is 4.08. The van der Waals surface area contributed by atoms with Crippen LogP contribution in [0.2, 0.25) is 0 Å². The van der Waals surface area contributed by atoms with Crippen molar-refractivity contribution in [3.8, 4) is 0 Å². The Balaban J connectivity index is -0.000000375. The zero-order chi connectivity index (χ0) is 57.9. The van der Waals surface area contributed by atoms with Gasteiger partial charge in [-0.2, -0.15) is 0 Å². The molecule has 0 saturated heterocycles. The maximum atomic E-state index is 2.43. The highest BCUT2D eigenvalue weighted by atomic mass is 14.5. The standard InChI is InChI=1S/C12H22.C11H20.2C11H24.C10H20.C9H18.4C2H6/c1-12(2,3)11-8-9-4-6-10(11)7-5-9;1-11(2,3)10-7-8-4-5-9(10)6-8;2*1-8-9(10(2,3)4)11(5,6)7;1-10(2,3)9-7-5-4-6-8-9;1-9(2,3)8-6-4-5-7-8;4*1-2/h9-11H,4-8H2,1-3H3;8-10H,4-7H2,1-3H3;2*9H,8H2,1-7H3;9H,4-8H2,1-3H3;8H,4-7H2,1-3H3;4*1-2H3. The molecule has 0 aromatic carbocycles. The Kier molecular flexibility index (Phi) is 39.5. The van der Waals surface area contributed by atoms with Gasteiger partial charge in [0.25, 0.3) is 0 Å². The third-order valence-corrected chi connectivity index (χ3v) is 18.4. The Bertz CT molecular complexity index is 1140. The van der Waals surface area contributed by atoms with E-state index in [0.29, 0.717) is 43.3 Å². The van der Waals surface area contributed by atoms with E-state index in [1.807, 2.05) is 55.4 Å². The lowest BCUT2D eigenvalue weighted by atomic mass is 9.57. The van der Waals surface area contributed by atoms with E-state index in [1.165, 1.54) is 122 Å². The number of hydrogen-bond acceptors (Lipinski definition) is 0. The summed E-state index contributed by atoms with van der Waals surface area (Å²) in [6.07, 6.45) is 29.7. The molecule has 0 aliphatic heterocycles. The van der Waals surface area contributed by atoms with Gasteiger partial charge in [0.15, 0.2) is 0 Å². The van der Waals surface area contributed by atoms with Gasteiger partial charge in [0.1, 0.15) is 0 Å². The average molecular weight is 1020 g/mol. The van der Waals surface area contributed by atoms with Crippen LogP contribution in [-0.2, 0) is 0 Å². The second-order valence-electron chi connectivity index (χ2n) is 32.1. The van der Waals surface area contributed by atoms with Gasteiger partial charge >= 0.3 is 0 Å². The van der Waals surface area contributed by atoms with Gasteiger partial charge in [0, 0.05) is 0 Å². The van der Waals surface area contributed by atoms with Crippen LogP contribution in [0.25, 0.3) is 0 Å². The number of fused-ring (bicyclic) bond motifs is 5. The lowest BCUT2D eigenvalue weighted by Crippen LogP contribution is -2.38. The van der Waals surface area contributed by atoms with E-state index in [-0.39, 0.29) is 0 Å². The predicted octanol–water partition coefficient (Wildman–Crippen LogP) is 26.5. The molecule has 7 aliphatic rings. The minimum atomic E-state index is 0.451. The molecule has 0 heterocycles. The van der Waals surface area contributed by atoms with Crippen LogP contribution < -0.4 is 0 Å². The van der Waals surface area contributed by atoms with E-state index in [4.69, 9.17) is 0 Å². The number of rotatable bonds is 2. The van der Waals surface area contributed by atoms with E-state index in [2.05, 4.69) is 180 Å². The first-order valence-electron chi connectivity index (χ1n) is 32.7. The topological polar surface area (TPSA) is 0 Å². The normalized spacial score (nSPS) is 24.3. The van der Waals surface area contributed by atoms with Gasteiger partial charge in [-0.1, -0.05) is 300 Å². The fourth-order valence-corrected chi connectivity index (χ4v) is 15.6. The van der Waals surface area contributed by atoms with Crippen LogP contribution in [0.3, 0.4) is 0 Å². The highest BCUT2D eigenvalue weighted by molar-refractivity contribution is 4.95. The molecule has 0 nitrogen and oxygen atoms in total. The highest BCUT2D eigenvalue weighted by Gasteiger charge is 2.44. The summed E-state index contributed by atoms with van der Waals surface area (Å²) in [5.74, 6) is 10.1. The summed E-state index contributed by atoms with van der Waals surface area (Å²) in [6, 6.07) is 0. The molecule has 0 amide bonds. The van der Waals surface area contributed by atoms with Crippen molar-refractivity contribution in [1.82, 2.24) is 0 Å². The molecule has 0 radical (unpaired) electrons. The molecule has 0 N–H and O–H groups in total. The van der Waals surface area contributed by atoms with Crippen molar-refractivity contribution in [1.29, 1.82) is 0 Å². The van der Waals surface area contributed by atoms with Gasteiger partial charge < -0.3 is 0 Å². The van der Waals surface area contributed by atoms with Gasteiger partial charge in [-0.3, -0.25) is 0 Å². The first kappa shape index (κ1) is 78.5. The van der Waals surface area contributed by atoms with Crippen LogP contribution >= 0.6 is 0 Å². The quantitative estimate of drug-likeness (QED) is 0.259. The van der Waals surface area contributed by atoms with E-state index in [0.717, 1.165) is 59.2 Å². The Labute approximate surface area is 464 Å². The molecule has 0 aromatic rings. The van der Waals surface area contributed by atoms with Crippen LogP contribution in [-0.4, -0.2) is 0 Å². The fourth-order valence-electron chi connectivity index (χ4n) is 15.6. The maximum absolute atomic E-state index is 2.43. The van der Waals surface area contributed by atoms with Gasteiger partial charge in [-0.25, -0.2) is 0 Å². The first-order valence-corrected chi connectivity index (χ1v) is 32.7. The van der Waals surface area contributed by atoms with Crippen LogP contribution in [0.4, 0.5) is 0 Å². The molecule has 72 heavy (non-hydrogen) atoms. The monoisotopic (exact) mass is 1020 g/mol. The van der Waals surface area contributed by atoms with Crippen molar-refractivity contribution in [3.05, 3.63) is 0 Å². The summed E-state index contributed by atoms with van der Waals surface area (Å²) >= 11 is 0. The third-order valence-electron chi connectivity index (χ3n) is 18.4. The van der Waals surface area contributed by atoms with Gasteiger partial charge in [0.2, 0.25) is 0 Å². The van der Waals surface area contributed by atoms with Crippen LogP contribution in [0.1, 0.15) is 364 Å². The summed E-state index contributed by atoms with van der Waals surface area (Å²) in [7, 11) is 0. The van der Waals surface area contributed by atoms with Crippen LogP contribution in [0.15, 0.2) is 0 Å². The lowest BCUT2D eigenvalue weighted by molar-refractivity contribution is 0.0250. The lowest BCUT2D eigenvalue weighted by Gasteiger charge is -2.48. The van der Waals surface area contributed by atoms with E-state index in [1.54, 1.807) is 6.42 Å². The summed E-state index contributed by atoms with van der Waals surface area (Å²) < 4.78 is 0. The van der Waals surface area contributed by atoms with Crippen LogP contribution in [0, 0.1) is 102 Å². The Hall–Kier alpha value is 0. The summed E-state index contributed by atoms with van der Waals surface area (Å²) in [4.78, 5) is 0.